The Balaban J connectivity index is 3.64. The van der Waals surface area contributed by atoms with Gasteiger partial charge in [0.2, 0.25) is 5.91 Å². The summed E-state index contributed by atoms with van der Waals surface area (Å²) < 4.78 is 0. The average Bonchev–Trinajstić information content (AvgIpc) is 2.11. The van der Waals surface area contributed by atoms with E-state index < -0.39 is 0 Å². The molecule has 0 saturated carbocycles. The van der Waals surface area contributed by atoms with Gasteiger partial charge in [-0.05, 0) is 26.2 Å². The summed E-state index contributed by atoms with van der Waals surface area (Å²) in [6.07, 6.45) is 2.15. The molecule has 0 radical (unpaired) electrons. The molecule has 1 unspecified atom stereocenters. The van der Waals surface area contributed by atoms with Crippen molar-refractivity contribution in [3.63, 3.8) is 0 Å². The first-order chi connectivity index (χ1) is 6.40. The van der Waals surface area contributed by atoms with E-state index in [4.69, 9.17) is 5.11 Å². The zero-order valence-electron chi connectivity index (χ0n) is 9.76. The SMILES string of the molecule is CCC(C)(C)C(=O)NCCCC(C)O. The van der Waals surface area contributed by atoms with E-state index in [1.54, 1.807) is 6.92 Å². The van der Waals surface area contributed by atoms with Gasteiger partial charge in [-0.2, -0.15) is 0 Å². The second-order valence-corrected chi connectivity index (χ2v) is 4.48. The molecule has 0 fully saturated rings. The molecule has 3 heteroatoms. The van der Waals surface area contributed by atoms with Gasteiger partial charge in [0, 0.05) is 12.0 Å². The second kappa shape index (κ2) is 6.02. The summed E-state index contributed by atoms with van der Waals surface area (Å²) in [6, 6.07) is 0. The van der Waals surface area contributed by atoms with Crippen molar-refractivity contribution in [3.05, 3.63) is 0 Å². The van der Waals surface area contributed by atoms with Crippen LogP contribution in [0.4, 0.5) is 0 Å². The van der Waals surface area contributed by atoms with Crippen LogP contribution in [-0.4, -0.2) is 23.7 Å². The van der Waals surface area contributed by atoms with Crippen LogP contribution in [-0.2, 0) is 4.79 Å². The number of aliphatic hydroxyl groups is 1. The van der Waals surface area contributed by atoms with E-state index in [1.165, 1.54) is 0 Å². The number of aliphatic hydroxyl groups excluding tert-OH is 1. The minimum atomic E-state index is -0.273. The highest BCUT2D eigenvalue weighted by Gasteiger charge is 2.24. The van der Waals surface area contributed by atoms with E-state index >= 15 is 0 Å². The second-order valence-electron chi connectivity index (χ2n) is 4.48. The van der Waals surface area contributed by atoms with Gasteiger partial charge in [0.15, 0.2) is 0 Å². The lowest BCUT2D eigenvalue weighted by Gasteiger charge is -2.21. The van der Waals surface area contributed by atoms with Crippen LogP contribution in [0.15, 0.2) is 0 Å². The Morgan fingerprint density at radius 1 is 1.50 bits per heavy atom. The summed E-state index contributed by atoms with van der Waals surface area (Å²) in [5, 5.41) is 11.9. The highest BCUT2D eigenvalue weighted by molar-refractivity contribution is 5.81. The Morgan fingerprint density at radius 2 is 2.07 bits per heavy atom. The van der Waals surface area contributed by atoms with Crippen LogP contribution in [0.1, 0.15) is 47.0 Å². The van der Waals surface area contributed by atoms with Crippen LogP contribution >= 0.6 is 0 Å². The molecule has 0 aliphatic carbocycles. The van der Waals surface area contributed by atoms with Gasteiger partial charge >= 0.3 is 0 Å². The number of nitrogens with one attached hydrogen (secondary N) is 1. The normalized spacial score (nSPS) is 13.8. The van der Waals surface area contributed by atoms with Gasteiger partial charge in [0.1, 0.15) is 0 Å². The van der Waals surface area contributed by atoms with Crippen molar-refractivity contribution >= 4 is 5.91 Å². The van der Waals surface area contributed by atoms with Crippen LogP contribution < -0.4 is 5.32 Å². The molecular weight excluding hydrogens is 178 g/mol. The van der Waals surface area contributed by atoms with Crippen molar-refractivity contribution in [1.29, 1.82) is 0 Å². The topological polar surface area (TPSA) is 49.3 Å². The van der Waals surface area contributed by atoms with Gasteiger partial charge in [-0.15, -0.1) is 0 Å². The number of hydrogen-bond donors (Lipinski definition) is 2. The van der Waals surface area contributed by atoms with Gasteiger partial charge in [-0.25, -0.2) is 0 Å². The van der Waals surface area contributed by atoms with Gasteiger partial charge < -0.3 is 10.4 Å². The Hall–Kier alpha value is -0.570. The van der Waals surface area contributed by atoms with Crippen LogP contribution in [0.2, 0.25) is 0 Å². The Bertz CT molecular complexity index is 176. The molecular formula is C11H23NO2. The fourth-order valence-electron chi connectivity index (χ4n) is 0.999. The molecule has 14 heavy (non-hydrogen) atoms. The van der Waals surface area contributed by atoms with Gasteiger partial charge in [0.25, 0.3) is 0 Å². The molecule has 0 aromatic carbocycles. The van der Waals surface area contributed by atoms with E-state index in [-0.39, 0.29) is 17.4 Å². The van der Waals surface area contributed by atoms with Gasteiger partial charge in [-0.1, -0.05) is 20.8 Å². The Kier molecular flexibility index (Phi) is 5.77. The van der Waals surface area contributed by atoms with E-state index in [0.29, 0.717) is 6.54 Å². The molecule has 84 valence electrons. The molecule has 0 aromatic rings. The molecule has 0 saturated heterocycles. The maximum atomic E-state index is 11.6. The van der Waals surface area contributed by atoms with Crippen LogP contribution in [0.3, 0.4) is 0 Å². The molecule has 0 heterocycles. The molecule has 3 nitrogen and oxygen atoms in total. The largest absolute Gasteiger partial charge is 0.393 e. The number of carbonyl (C=O) groups is 1. The van der Waals surface area contributed by atoms with Gasteiger partial charge in [-0.3, -0.25) is 4.79 Å². The molecule has 0 bridgehead atoms. The molecule has 1 atom stereocenters. The lowest BCUT2D eigenvalue weighted by molar-refractivity contribution is -0.129. The quantitative estimate of drug-likeness (QED) is 0.643. The van der Waals surface area contributed by atoms with Crippen molar-refractivity contribution in [2.75, 3.05) is 6.54 Å². The molecule has 0 rings (SSSR count). The highest BCUT2D eigenvalue weighted by atomic mass is 16.3. The number of carbonyl (C=O) groups excluding carboxylic acids is 1. The zero-order valence-corrected chi connectivity index (χ0v) is 9.76. The third-order valence-corrected chi connectivity index (χ3v) is 2.58. The van der Waals surface area contributed by atoms with Crippen molar-refractivity contribution in [2.45, 2.75) is 53.1 Å². The van der Waals surface area contributed by atoms with Crippen molar-refractivity contribution in [1.82, 2.24) is 5.32 Å². The van der Waals surface area contributed by atoms with Crippen LogP contribution in [0.5, 0.6) is 0 Å². The van der Waals surface area contributed by atoms with E-state index in [9.17, 15) is 4.79 Å². The lowest BCUT2D eigenvalue weighted by atomic mass is 9.89. The lowest BCUT2D eigenvalue weighted by Crippen LogP contribution is -2.37. The van der Waals surface area contributed by atoms with Gasteiger partial charge in [0.05, 0.1) is 6.10 Å². The Labute approximate surface area is 86.9 Å². The summed E-state index contributed by atoms with van der Waals surface area (Å²) >= 11 is 0. The summed E-state index contributed by atoms with van der Waals surface area (Å²) in [7, 11) is 0. The van der Waals surface area contributed by atoms with E-state index in [2.05, 4.69) is 5.32 Å². The van der Waals surface area contributed by atoms with Crippen molar-refractivity contribution in [3.8, 4) is 0 Å². The third-order valence-electron chi connectivity index (χ3n) is 2.58. The molecule has 0 aliphatic heterocycles. The first kappa shape index (κ1) is 13.4. The van der Waals surface area contributed by atoms with Crippen LogP contribution in [0, 0.1) is 5.41 Å². The van der Waals surface area contributed by atoms with E-state index in [1.807, 2.05) is 20.8 Å². The van der Waals surface area contributed by atoms with Crippen molar-refractivity contribution < 1.29 is 9.90 Å². The number of amides is 1. The maximum Gasteiger partial charge on any atom is 0.225 e. The Morgan fingerprint density at radius 3 is 2.50 bits per heavy atom. The maximum absolute atomic E-state index is 11.6. The predicted molar refractivity (Wildman–Crippen MR) is 58.0 cm³/mol. The molecule has 2 N–H and O–H groups in total. The van der Waals surface area contributed by atoms with Crippen molar-refractivity contribution in [2.24, 2.45) is 5.41 Å². The summed E-state index contributed by atoms with van der Waals surface area (Å²) in [6.45, 7) is 8.31. The number of rotatable bonds is 6. The smallest absolute Gasteiger partial charge is 0.225 e. The zero-order chi connectivity index (χ0) is 11.2. The highest BCUT2D eigenvalue weighted by Crippen LogP contribution is 2.19. The van der Waals surface area contributed by atoms with E-state index in [0.717, 1.165) is 19.3 Å². The predicted octanol–water partition coefficient (Wildman–Crippen LogP) is 1.70. The standard InChI is InChI=1S/C11H23NO2/c1-5-11(3,4)10(14)12-8-6-7-9(2)13/h9,13H,5-8H2,1-4H3,(H,12,14). The first-order valence-corrected chi connectivity index (χ1v) is 5.36. The summed E-state index contributed by atoms with van der Waals surface area (Å²) in [5.41, 5.74) is -0.273. The first-order valence-electron chi connectivity index (χ1n) is 5.36. The fraction of sp³-hybridized carbons (Fsp3) is 0.909. The fourth-order valence-corrected chi connectivity index (χ4v) is 0.999. The average molecular weight is 201 g/mol. The van der Waals surface area contributed by atoms with Crippen LogP contribution in [0.25, 0.3) is 0 Å². The molecule has 1 amide bonds. The molecule has 0 aromatic heterocycles. The minimum Gasteiger partial charge on any atom is -0.393 e. The summed E-state index contributed by atoms with van der Waals surface area (Å²) in [4.78, 5) is 11.6. The monoisotopic (exact) mass is 201 g/mol. The summed E-state index contributed by atoms with van der Waals surface area (Å²) in [5.74, 6) is 0.102. The number of hydrogen-bond acceptors (Lipinski definition) is 2. The molecule has 0 spiro atoms. The minimum absolute atomic E-state index is 0.102. The molecule has 0 aliphatic rings. The third kappa shape index (κ3) is 5.22.